The predicted octanol–water partition coefficient (Wildman–Crippen LogP) is 1.14. The van der Waals surface area contributed by atoms with Crippen molar-refractivity contribution in [1.82, 2.24) is 20.6 Å². The quantitative estimate of drug-likeness (QED) is 0.215. The number of aromatic nitrogens is 1. The van der Waals surface area contributed by atoms with Crippen molar-refractivity contribution in [2.75, 3.05) is 33.8 Å². The standard InChI is InChI=1S/C23H31N7O3/c1-4-16-7-9-17(10-8-16)19(14-26-2)29-22(31)18(24)15-30(25)13-12-28-23(32)21-20(33-3)6-5-11-27-21/h5-11,14,19,24H,4,12-13,15,25H2,1-3H3,(H,28,32)(H,29,31). The highest BCUT2D eigenvalue weighted by Gasteiger charge is 2.18. The van der Waals surface area contributed by atoms with Crippen molar-refractivity contribution in [3.63, 3.8) is 0 Å². The first kappa shape index (κ1) is 25.6. The molecule has 176 valence electrons. The monoisotopic (exact) mass is 453 g/mol. The first-order valence-corrected chi connectivity index (χ1v) is 10.6. The zero-order chi connectivity index (χ0) is 24.2. The van der Waals surface area contributed by atoms with Gasteiger partial charge in [0.25, 0.3) is 11.8 Å². The van der Waals surface area contributed by atoms with E-state index in [0.29, 0.717) is 5.75 Å². The number of nitrogens with zero attached hydrogens (tertiary/aromatic N) is 3. The van der Waals surface area contributed by atoms with E-state index in [-0.39, 0.29) is 31.0 Å². The third-order valence-corrected chi connectivity index (χ3v) is 4.86. The number of rotatable bonds is 12. The third-order valence-electron chi connectivity index (χ3n) is 4.86. The van der Waals surface area contributed by atoms with Crippen LogP contribution in [0.25, 0.3) is 0 Å². The van der Waals surface area contributed by atoms with Crippen LogP contribution >= 0.6 is 0 Å². The van der Waals surface area contributed by atoms with E-state index in [1.54, 1.807) is 25.4 Å². The maximum atomic E-state index is 12.5. The van der Waals surface area contributed by atoms with Crippen molar-refractivity contribution in [1.29, 1.82) is 5.41 Å². The Labute approximate surface area is 193 Å². The van der Waals surface area contributed by atoms with Crippen LogP contribution in [-0.4, -0.2) is 67.5 Å². The molecule has 1 aromatic carbocycles. The molecule has 0 saturated heterocycles. The van der Waals surface area contributed by atoms with Crippen LogP contribution in [0.2, 0.25) is 0 Å². The molecule has 5 N–H and O–H groups in total. The number of benzene rings is 1. The van der Waals surface area contributed by atoms with Crippen LogP contribution in [0.15, 0.2) is 47.6 Å². The number of nitrogens with two attached hydrogens (primary N) is 1. The van der Waals surface area contributed by atoms with Crippen molar-refractivity contribution in [3.05, 3.63) is 59.4 Å². The van der Waals surface area contributed by atoms with Gasteiger partial charge in [0.15, 0.2) is 5.69 Å². The fraction of sp³-hybridized carbons (Fsp3) is 0.348. The summed E-state index contributed by atoms with van der Waals surface area (Å²) in [5, 5.41) is 14.9. The van der Waals surface area contributed by atoms with E-state index in [9.17, 15) is 9.59 Å². The number of hydrogen-bond donors (Lipinski definition) is 4. The summed E-state index contributed by atoms with van der Waals surface area (Å²) in [5.74, 6) is 5.35. The van der Waals surface area contributed by atoms with Gasteiger partial charge in [-0.1, -0.05) is 31.2 Å². The Hall–Kier alpha value is -3.63. The number of hydrazine groups is 1. The summed E-state index contributed by atoms with van der Waals surface area (Å²) < 4.78 is 5.12. The lowest BCUT2D eigenvalue weighted by Gasteiger charge is -2.19. The van der Waals surface area contributed by atoms with Crippen LogP contribution < -0.4 is 21.2 Å². The minimum atomic E-state index is -0.544. The summed E-state index contributed by atoms with van der Waals surface area (Å²) in [6, 6.07) is 10.7. The Balaban J connectivity index is 1.84. The molecule has 0 aliphatic heterocycles. The molecular weight excluding hydrogens is 422 g/mol. The molecular formula is C23H31N7O3. The van der Waals surface area contributed by atoms with Crippen molar-refractivity contribution < 1.29 is 14.3 Å². The topological polar surface area (TPSA) is 146 Å². The van der Waals surface area contributed by atoms with Gasteiger partial charge < -0.3 is 15.4 Å². The molecule has 0 radical (unpaired) electrons. The molecule has 2 aromatic rings. The Morgan fingerprint density at radius 3 is 2.67 bits per heavy atom. The average molecular weight is 454 g/mol. The first-order valence-electron chi connectivity index (χ1n) is 10.6. The fourth-order valence-electron chi connectivity index (χ4n) is 3.02. The maximum Gasteiger partial charge on any atom is 0.273 e. The molecule has 0 spiro atoms. The van der Waals surface area contributed by atoms with Crippen LogP contribution in [0.5, 0.6) is 5.75 Å². The molecule has 0 bridgehead atoms. The smallest absolute Gasteiger partial charge is 0.273 e. The lowest BCUT2D eigenvalue weighted by molar-refractivity contribution is -0.115. The van der Waals surface area contributed by atoms with Crippen molar-refractivity contribution >= 4 is 23.7 Å². The molecule has 1 unspecified atom stereocenters. The maximum absolute atomic E-state index is 12.5. The number of aliphatic imine (C=N–C) groups is 1. The molecule has 0 fully saturated rings. The number of aryl methyl sites for hydroxylation is 1. The fourth-order valence-corrected chi connectivity index (χ4v) is 3.02. The molecule has 2 amide bonds. The zero-order valence-corrected chi connectivity index (χ0v) is 19.2. The molecule has 33 heavy (non-hydrogen) atoms. The summed E-state index contributed by atoms with van der Waals surface area (Å²) in [7, 11) is 3.09. The second-order valence-corrected chi connectivity index (χ2v) is 7.21. The van der Waals surface area contributed by atoms with E-state index in [4.69, 9.17) is 16.0 Å². The van der Waals surface area contributed by atoms with Gasteiger partial charge in [0, 0.05) is 32.5 Å². The van der Waals surface area contributed by atoms with E-state index in [0.717, 1.165) is 12.0 Å². The van der Waals surface area contributed by atoms with Crippen LogP contribution in [0.4, 0.5) is 0 Å². The van der Waals surface area contributed by atoms with Crippen LogP contribution in [0.3, 0.4) is 0 Å². The van der Waals surface area contributed by atoms with E-state index in [1.165, 1.54) is 23.9 Å². The van der Waals surface area contributed by atoms with E-state index in [2.05, 4.69) is 27.5 Å². The molecule has 1 heterocycles. The minimum Gasteiger partial charge on any atom is -0.494 e. The molecule has 10 heteroatoms. The number of ether oxygens (including phenoxy) is 1. The summed E-state index contributed by atoms with van der Waals surface area (Å²) in [5.41, 5.74) is 2.04. The Bertz CT molecular complexity index is 976. The third kappa shape index (κ3) is 7.78. The molecule has 1 atom stereocenters. The van der Waals surface area contributed by atoms with Gasteiger partial charge in [-0.2, -0.15) is 0 Å². The zero-order valence-electron chi connectivity index (χ0n) is 19.2. The van der Waals surface area contributed by atoms with Gasteiger partial charge in [-0.25, -0.2) is 9.99 Å². The van der Waals surface area contributed by atoms with Gasteiger partial charge in [-0.3, -0.25) is 25.8 Å². The average Bonchev–Trinajstić information content (AvgIpc) is 2.83. The molecule has 0 saturated carbocycles. The largest absolute Gasteiger partial charge is 0.494 e. The molecule has 0 aliphatic rings. The number of pyridine rings is 1. The number of carbonyl (C=O) groups is 2. The summed E-state index contributed by atoms with van der Waals surface area (Å²) in [4.78, 5) is 32.8. The van der Waals surface area contributed by atoms with Gasteiger partial charge >= 0.3 is 0 Å². The van der Waals surface area contributed by atoms with Gasteiger partial charge in [0.1, 0.15) is 11.5 Å². The second-order valence-electron chi connectivity index (χ2n) is 7.21. The number of hydrogen-bond acceptors (Lipinski definition) is 8. The van der Waals surface area contributed by atoms with E-state index in [1.807, 2.05) is 24.3 Å². The lowest BCUT2D eigenvalue weighted by atomic mass is 10.0. The van der Waals surface area contributed by atoms with Gasteiger partial charge in [-0.15, -0.1) is 0 Å². The normalized spacial score (nSPS) is 11.9. The Kier molecular flexibility index (Phi) is 10.1. The predicted molar refractivity (Wildman–Crippen MR) is 128 cm³/mol. The van der Waals surface area contributed by atoms with Gasteiger partial charge in [0.2, 0.25) is 0 Å². The van der Waals surface area contributed by atoms with Gasteiger partial charge in [-0.05, 0) is 29.7 Å². The van der Waals surface area contributed by atoms with Gasteiger partial charge in [0.05, 0.1) is 19.7 Å². The summed E-state index contributed by atoms with van der Waals surface area (Å²) in [6.45, 7) is 2.43. The molecule has 2 rings (SSSR count). The molecule has 1 aromatic heterocycles. The number of nitrogens with one attached hydrogen (secondary N) is 3. The highest BCUT2D eigenvalue weighted by atomic mass is 16.5. The van der Waals surface area contributed by atoms with Crippen LogP contribution in [0.1, 0.15) is 34.6 Å². The summed E-state index contributed by atoms with van der Waals surface area (Å²) >= 11 is 0. The highest BCUT2D eigenvalue weighted by molar-refractivity contribution is 6.38. The van der Waals surface area contributed by atoms with Crippen molar-refractivity contribution in [2.24, 2.45) is 10.8 Å². The number of amides is 2. The Morgan fingerprint density at radius 2 is 2.03 bits per heavy atom. The first-order chi connectivity index (χ1) is 15.9. The minimum absolute atomic E-state index is 0.0840. The van der Waals surface area contributed by atoms with Crippen LogP contribution in [0, 0.1) is 5.41 Å². The van der Waals surface area contributed by atoms with Crippen molar-refractivity contribution in [3.8, 4) is 5.75 Å². The number of methoxy groups -OCH3 is 1. The van der Waals surface area contributed by atoms with Crippen molar-refractivity contribution in [2.45, 2.75) is 19.4 Å². The molecule has 0 aliphatic carbocycles. The van der Waals surface area contributed by atoms with Crippen LogP contribution in [-0.2, 0) is 11.2 Å². The summed E-state index contributed by atoms with van der Waals surface area (Å²) in [6.07, 6.45) is 4.04. The SMILES string of the molecule is CCc1ccc(C(C=NC)NC(=O)C(=N)CN(N)CCNC(=O)c2ncccc2OC)cc1. The second kappa shape index (κ2) is 13.0. The molecule has 10 nitrogen and oxygen atoms in total. The lowest BCUT2D eigenvalue weighted by Crippen LogP contribution is -2.46. The number of carbonyl (C=O) groups excluding carboxylic acids is 2. The van der Waals surface area contributed by atoms with E-state index < -0.39 is 17.9 Å². The Morgan fingerprint density at radius 1 is 1.30 bits per heavy atom. The highest BCUT2D eigenvalue weighted by Crippen LogP contribution is 2.14. The van der Waals surface area contributed by atoms with E-state index >= 15 is 0 Å².